The van der Waals surface area contributed by atoms with Crippen LogP contribution in [0.25, 0.3) is 0 Å². The van der Waals surface area contributed by atoms with Crippen molar-refractivity contribution in [1.29, 1.82) is 0 Å². The Morgan fingerprint density at radius 2 is 1.76 bits per heavy atom. The van der Waals surface area contributed by atoms with Gasteiger partial charge in [-0.3, -0.25) is 4.79 Å². The van der Waals surface area contributed by atoms with Gasteiger partial charge >= 0.3 is 0 Å². The van der Waals surface area contributed by atoms with E-state index in [0.717, 1.165) is 37.9 Å². The molecule has 0 saturated carbocycles. The van der Waals surface area contributed by atoms with E-state index >= 15 is 0 Å². The summed E-state index contributed by atoms with van der Waals surface area (Å²) in [4.78, 5) is 15.1. The molecule has 0 aromatic heterocycles. The first-order valence-corrected chi connectivity index (χ1v) is 12.2. The number of nitrogens with zero attached hydrogens (tertiary/aromatic N) is 1. The third-order valence-corrected chi connectivity index (χ3v) is 6.53. The van der Waals surface area contributed by atoms with Crippen molar-refractivity contribution < 1.29 is 19.4 Å². The molecule has 2 atom stereocenters. The maximum absolute atomic E-state index is 12.8. The van der Waals surface area contributed by atoms with Crippen LogP contribution in [0.2, 0.25) is 0 Å². The van der Waals surface area contributed by atoms with E-state index in [1.54, 1.807) is 0 Å². The number of nitrogens with one attached hydrogen (secondary N) is 1. The number of benzene rings is 2. The molecular formula is C27H36N2O4. The zero-order chi connectivity index (χ0) is 23.0. The number of likely N-dealkylation sites (tertiary alicyclic amines) is 1. The van der Waals surface area contributed by atoms with Gasteiger partial charge in [0.25, 0.3) is 0 Å². The number of unbranched alkanes of at least 4 members (excludes halogenated alkanes) is 1. The number of fused-ring (bicyclic) bond motifs is 1. The van der Waals surface area contributed by atoms with E-state index in [1.165, 1.54) is 24.0 Å². The third kappa shape index (κ3) is 6.71. The van der Waals surface area contributed by atoms with Gasteiger partial charge < -0.3 is 24.8 Å². The summed E-state index contributed by atoms with van der Waals surface area (Å²) in [6.45, 7) is 5.79. The quantitative estimate of drug-likeness (QED) is 0.537. The number of hydrogen-bond donors (Lipinski definition) is 2. The third-order valence-electron chi connectivity index (χ3n) is 6.53. The van der Waals surface area contributed by atoms with E-state index in [1.807, 2.05) is 18.2 Å². The van der Waals surface area contributed by atoms with Gasteiger partial charge in [0.1, 0.15) is 19.3 Å². The second kappa shape index (κ2) is 11.5. The fraction of sp³-hybridized carbons (Fsp3) is 0.519. The predicted molar refractivity (Wildman–Crippen MR) is 129 cm³/mol. The van der Waals surface area contributed by atoms with Crippen LogP contribution in [0.4, 0.5) is 0 Å². The molecule has 0 radical (unpaired) electrons. The summed E-state index contributed by atoms with van der Waals surface area (Å²) in [5.41, 5.74) is 3.31. The van der Waals surface area contributed by atoms with Crippen LogP contribution in [0.15, 0.2) is 42.5 Å². The molecule has 33 heavy (non-hydrogen) atoms. The molecule has 1 saturated heterocycles. The van der Waals surface area contributed by atoms with Crippen LogP contribution in [0, 0.1) is 6.92 Å². The average Bonchev–Trinajstić information content (AvgIpc) is 3.35. The van der Waals surface area contributed by atoms with Crippen LogP contribution in [-0.2, 0) is 11.2 Å². The first-order chi connectivity index (χ1) is 16.1. The zero-order valence-corrected chi connectivity index (χ0v) is 19.6. The lowest BCUT2D eigenvalue weighted by atomic mass is 10.00. The maximum atomic E-state index is 12.8. The minimum atomic E-state index is -0.807. The van der Waals surface area contributed by atoms with Gasteiger partial charge in [-0.25, -0.2) is 0 Å². The summed E-state index contributed by atoms with van der Waals surface area (Å²) in [6, 6.07) is 13.8. The van der Waals surface area contributed by atoms with Gasteiger partial charge in [-0.1, -0.05) is 35.9 Å². The van der Waals surface area contributed by atoms with Crippen molar-refractivity contribution in [3.63, 3.8) is 0 Å². The summed E-state index contributed by atoms with van der Waals surface area (Å²) in [5.74, 6) is 1.35. The molecule has 6 nitrogen and oxygen atoms in total. The molecule has 2 N–H and O–H groups in total. The molecule has 0 aliphatic carbocycles. The standard InChI is InChI=1S/C27H36N2O4/c1-20-8-10-21(11-9-20)6-2-3-7-26(30)28-23(19-29-14-4-5-15-29)27(31)22-12-13-24-25(18-22)33-17-16-32-24/h8-13,18,23,27,31H,2-7,14-17,19H2,1H3,(H,28,30). The lowest BCUT2D eigenvalue weighted by molar-refractivity contribution is -0.123. The Morgan fingerprint density at radius 3 is 2.52 bits per heavy atom. The predicted octanol–water partition coefficient (Wildman–Crippen LogP) is 3.79. The second-order valence-electron chi connectivity index (χ2n) is 9.22. The highest BCUT2D eigenvalue weighted by molar-refractivity contribution is 5.76. The summed E-state index contributed by atoms with van der Waals surface area (Å²) >= 11 is 0. The summed E-state index contributed by atoms with van der Waals surface area (Å²) in [6.07, 6.45) is 4.77. The fourth-order valence-corrected chi connectivity index (χ4v) is 4.59. The Kier molecular flexibility index (Phi) is 8.24. The van der Waals surface area contributed by atoms with Crippen LogP contribution >= 0.6 is 0 Å². The molecule has 4 rings (SSSR count). The SMILES string of the molecule is Cc1ccc(CCCCC(=O)NC(CN2CCCC2)C(O)c2ccc3c(c2)OCCO3)cc1. The molecule has 2 aliphatic rings. The molecule has 0 spiro atoms. The first kappa shape index (κ1) is 23.6. The second-order valence-corrected chi connectivity index (χ2v) is 9.22. The van der Waals surface area contributed by atoms with Gasteiger partial charge in [0.15, 0.2) is 11.5 Å². The molecule has 1 amide bonds. The Morgan fingerprint density at radius 1 is 1.03 bits per heavy atom. The topological polar surface area (TPSA) is 71.0 Å². The zero-order valence-electron chi connectivity index (χ0n) is 19.6. The number of aryl methyl sites for hydroxylation is 2. The number of carbonyl (C=O) groups excluding carboxylic acids is 1. The number of aliphatic hydroxyl groups excluding tert-OH is 1. The minimum Gasteiger partial charge on any atom is -0.486 e. The van der Waals surface area contributed by atoms with Gasteiger partial charge in [-0.05, 0) is 75.4 Å². The van der Waals surface area contributed by atoms with Crippen LogP contribution in [-0.4, -0.2) is 54.8 Å². The molecule has 178 valence electrons. The Hall–Kier alpha value is -2.57. The van der Waals surface area contributed by atoms with Crippen molar-refractivity contribution in [3.8, 4) is 11.5 Å². The molecule has 2 unspecified atom stereocenters. The number of carbonyl (C=O) groups is 1. The maximum Gasteiger partial charge on any atom is 0.220 e. The van der Waals surface area contributed by atoms with Crippen LogP contribution in [0.3, 0.4) is 0 Å². The monoisotopic (exact) mass is 452 g/mol. The van der Waals surface area contributed by atoms with Crippen molar-refractivity contribution in [2.45, 2.75) is 57.6 Å². The largest absolute Gasteiger partial charge is 0.486 e. The van der Waals surface area contributed by atoms with Crippen LogP contribution < -0.4 is 14.8 Å². The molecule has 2 aliphatic heterocycles. The molecule has 2 aromatic rings. The number of hydrogen-bond acceptors (Lipinski definition) is 5. The minimum absolute atomic E-state index is 0.000281. The van der Waals surface area contributed by atoms with E-state index < -0.39 is 6.10 Å². The first-order valence-electron chi connectivity index (χ1n) is 12.2. The van der Waals surface area contributed by atoms with Gasteiger partial charge in [-0.15, -0.1) is 0 Å². The highest BCUT2D eigenvalue weighted by Gasteiger charge is 2.27. The lowest BCUT2D eigenvalue weighted by Crippen LogP contribution is -2.46. The fourth-order valence-electron chi connectivity index (χ4n) is 4.59. The number of ether oxygens (including phenoxy) is 2. The van der Waals surface area contributed by atoms with E-state index in [4.69, 9.17) is 9.47 Å². The van der Waals surface area contributed by atoms with Crippen molar-refractivity contribution in [2.24, 2.45) is 0 Å². The Balaban J connectivity index is 1.33. The smallest absolute Gasteiger partial charge is 0.220 e. The van der Waals surface area contributed by atoms with Gasteiger partial charge in [0.05, 0.1) is 6.04 Å². The molecular weight excluding hydrogens is 416 g/mol. The van der Waals surface area contributed by atoms with Crippen LogP contribution in [0.1, 0.15) is 54.9 Å². The molecule has 2 heterocycles. The van der Waals surface area contributed by atoms with Crippen molar-refractivity contribution in [2.75, 3.05) is 32.8 Å². The van der Waals surface area contributed by atoms with E-state index in [9.17, 15) is 9.90 Å². The van der Waals surface area contributed by atoms with Crippen molar-refractivity contribution >= 4 is 5.91 Å². The number of aliphatic hydroxyl groups is 1. The molecule has 1 fully saturated rings. The molecule has 6 heteroatoms. The molecule has 0 bridgehead atoms. The van der Waals surface area contributed by atoms with Crippen molar-refractivity contribution in [1.82, 2.24) is 10.2 Å². The highest BCUT2D eigenvalue weighted by atomic mass is 16.6. The van der Waals surface area contributed by atoms with Crippen molar-refractivity contribution in [3.05, 3.63) is 59.2 Å². The lowest BCUT2D eigenvalue weighted by Gasteiger charge is -2.29. The Labute approximate surface area is 196 Å². The average molecular weight is 453 g/mol. The van der Waals surface area contributed by atoms with Gasteiger partial charge in [0.2, 0.25) is 5.91 Å². The van der Waals surface area contributed by atoms with Gasteiger partial charge in [-0.2, -0.15) is 0 Å². The Bertz CT molecular complexity index is 909. The number of rotatable bonds is 10. The highest BCUT2D eigenvalue weighted by Crippen LogP contribution is 2.33. The van der Waals surface area contributed by atoms with E-state index in [2.05, 4.69) is 41.4 Å². The van der Waals surface area contributed by atoms with Gasteiger partial charge in [0, 0.05) is 13.0 Å². The summed E-state index contributed by atoms with van der Waals surface area (Å²) < 4.78 is 11.3. The summed E-state index contributed by atoms with van der Waals surface area (Å²) in [5, 5.41) is 14.3. The summed E-state index contributed by atoms with van der Waals surface area (Å²) in [7, 11) is 0. The van der Waals surface area contributed by atoms with Crippen LogP contribution in [0.5, 0.6) is 11.5 Å². The molecule has 2 aromatic carbocycles. The van der Waals surface area contributed by atoms with E-state index in [-0.39, 0.29) is 11.9 Å². The van der Waals surface area contributed by atoms with E-state index in [0.29, 0.717) is 37.7 Å². The normalized spacial score (nSPS) is 17.5. The number of amides is 1.